The van der Waals surface area contributed by atoms with E-state index in [1.807, 2.05) is 19.2 Å². The molecule has 3 rings (SSSR count). The Balaban J connectivity index is 1.86. The summed E-state index contributed by atoms with van der Waals surface area (Å²) in [5, 5.41) is 10.4. The van der Waals surface area contributed by atoms with Crippen molar-refractivity contribution in [2.45, 2.75) is 26.2 Å². The molecule has 0 aliphatic heterocycles. The van der Waals surface area contributed by atoms with E-state index in [2.05, 4.69) is 35.2 Å². The Kier molecular flexibility index (Phi) is 4.48. The first-order valence-electron chi connectivity index (χ1n) is 7.60. The molecule has 0 amide bonds. The molecule has 0 saturated carbocycles. The van der Waals surface area contributed by atoms with Crippen molar-refractivity contribution in [1.82, 2.24) is 20.0 Å². The predicted molar refractivity (Wildman–Crippen MR) is 91.0 cm³/mol. The Morgan fingerprint density at radius 2 is 2.04 bits per heavy atom. The maximum absolute atomic E-state index is 6.07. The number of halogens is 1. The van der Waals surface area contributed by atoms with Crippen molar-refractivity contribution in [3.8, 4) is 5.75 Å². The number of pyridine rings is 1. The number of hydrogen-bond donors (Lipinski definition) is 0. The van der Waals surface area contributed by atoms with Crippen LogP contribution in [0, 0.1) is 0 Å². The van der Waals surface area contributed by atoms with Crippen molar-refractivity contribution in [2.24, 2.45) is 7.05 Å². The van der Waals surface area contributed by atoms with Crippen LogP contribution in [0.15, 0.2) is 30.6 Å². The average molecular weight is 331 g/mol. The highest BCUT2D eigenvalue weighted by atomic mass is 35.5. The summed E-state index contributed by atoms with van der Waals surface area (Å²) in [7, 11) is 1.88. The van der Waals surface area contributed by atoms with E-state index >= 15 is 0 Å². The zero-order valence-electron chi connectivity index (χ0n) is 13.5. The minimum atomic E-state index is 0.408. The van der Waals surface area contributed by atoms with Crippen LogP contribution in [0.4, 0.5) is 0 Å². The molecule has 0 aliphatic rings. The molecular weight excluding hydrogens is 312 g/mol. The number of nitrogens with zero attached hydrogens (tertiary/aromatic N) is 4. The van der Waals surface area contributed by atoms with E-state index in [-0.39, 0.29) is 0 Å². The van der Waals surface area contributed by atoms with Gasteiger partial charge < -0.3 is 4.74 Å². The largest absolute Gasteiger partial charge is 0.492 e. The average Bonchev–Trinajstić information content (AvgIpc) is 2.92. The summed E-state index contributed by atoms with van der Waals surface area (Å²) in [6.07, 6.45) is 4.28. The Hall–Kier alpha value is -2.14. The second-order valence-electron chi connectivity index (χ2n) is 5.81. The van der Waals surface area contributed by atoms with E-state index in [9.17, 15) is 0 Å². The van der Waals surface area contributed by atoms with Crippen LogP contribution >= 0.6 is 11.6 Å². The van der Waals surface area contributed by atoms with Gasteiger partial charge in [0.15, 0.2) is 0 Å². The van der Waals surface area contributed by atoms with Gasteiger partial charge in [-0.1, -0.05) is 36.7 Å². The Labute approximate surface area is 140 Å². The standard InChI is InChI=1S/C17H19ClN4O/c1-11(2)13-4-5-16(15-10-19-17(18)8-14(13)15)23-7-6-12-9-20-21-22(12)3/h4-5,8-11H,6-7H2,1-3H3. The first-order chi connectivity index (χ1) is 11.1. The number of hydrogen-bond acceptors (Lipinski definition) is 4. The smallest absolute Gasteiger partial charge is 0.129 e. The fourth-order valence-corrected chi connectivity index (χ4v) is 2.80. The molecule has 3 aromatic rings. The van der Waals surface area contributed by atoms with E-state index in [0.717, 1.165) is 28.6 Å². The van der Waals surface area contributed by atoms with Crippen LogP contribution in [-0.2, 0) is 13.5 Å². The molecule has 23 heavy (non-hydrogen) atoms. The van der Waals surface area contributed by atoms with Crippen LogP contribution in [0.5, 0.6) is 5.75 Å². The fourth-order valence-electron chi connectivity index (χ4n) is 2.64. The molecule has 6 heteroatoms. The van der Waals surface area contributed by atoms with E-state index in [4.69, 9.17) is 16.3 Å². The van der Waals surface area contributed by atoms with Gasteiger partial charge in [-0.2, -0.15) is 0 Å². The number of aryl methyl sites for hydroxylation is 1. The van der Waals surface area contributed by atoms with Gasteiger partial charge in [0.05, 0.1) is 18.5 Å². The Morgan fingerprint density at radius 3 is 2.74 bits per heavy atom. The molecule has 0 aliphatic carbocycles. The SMILES string of the molecule is CC(C)c1ccc(OCCc2cnnn2C)c2cnc(Cl)cc12. The maximum atomic E-state index is 6.07. The molecule has 0 radical (unpaired) electrons. The molecule has 0 bridgehead atoms. The van der Waals surface area contributed by atoms with E-state index in [1.165, 1.54) is 5.56 Å². The third-order valence-corrected chi connectivity index (χ3v) is 4.11. The van der Waals surface area contributed by atoms with Crippen molar-refractivity contribution in [3.63, 3.8) is 0 Å². The molecule has 0 unspecified atom stereocenters. The minimum Gasteiger partial charge on any atom is -0.492 e. The number of aromatic nitrogens is 4. The third kappa shape index (κ3) is 3.29. The zero-order valence-corrected chi connectivity index (χ0v) is 14.2. The number of benzene rings is 1. The molecule has 2 aromatic heterocycles. The van der Waals surface area contributed by atoms with Crippen molar-refractivity contribution in [1.29, 1.82) is 0 Å². The summed E-state index contributed by atoms with van der Waals surface area (Å²) in [6.45, 7) is 4.89. The van der Waals surface area contributed by atoms with Gasteiger partial charge >= 0.3 is 0 Å². The van der Waals surface area contributed by atoms with E-state index in [1.54, 1.807) is 17.1 Å². The highest BCUT2D eigenvalue weighted by Crippen LogP contribution is 2.33. The number of fused-ring (bicyclic) bond motifs is 1. The molecule has 0 saturated heterocycles. The van der Waals surface area contributed by atoms with Gasteiger partial charge in [0.2, 0.25) is 0 Å². The predicted octanol–water partition coefficient (Wildman–Crippen LogP) is 3.76. The maximum Gasteiger partial charge on any atom is 0.129 e. The molecule has 0 atom stereocenters. The highest BCUT2D eigenvalue weighted by molar-refractivity contribution is 6.30. The lowest BCUT2D eigenvalue weighted by atomic mass is 9.97. The molecule has 1 aromatic carbocycles. The van der Waals surface area contributed by atoms with Gasteiger partial charge in [-0.15, -0.1) is 5.10 Å². The number of rotatable bonds is 5. The second kappa shape index (κ2) is 6.54. The van der Waals surface area contributed by atoms with Crippen molar-refractivity contribution < 1.29 is 4.74 Å². The Bertz CT molecular complexity index is 829. The summed E-state index contributed by atoms with van der Waals surface area (Å²) < 4.78 is 7.72. The molecule has 5 nitrogen and oxygen atoms in total. The Morgan fingerprint density at radius 1 is 1.22 bits per heavy atom. The number of ether oxygens (including phenoxy) is 1. The summed E-state index contributed by atoms with van der Waals surface area (Å²) in [5.74, 6) is 1.23. The highest BCUT2D eigenvalue weighted by Gasteiger charge is 2.11. The molecule has 0 fully saturated rings. The van der Waals surface area contributed by atoms with Crippen LogP contribution in [0.3, 0.4) is 0 Å². The zero-order chi connectivity index (χ0) is 16.4. The molecule has 0 N–H and O–H groups in total. The monoisotopic (exact) mass is 330 g/mol. The van der Waals surface area contributed by atoms with Crippen LogP contribution in [-0.4, -0.2) is 26.6 Å². The fraction of sp³-hybridized carbons (Fsp3) is 0.353. The lowest BCUT2D eigenvalue weighted by molar-refractivity contribution is 0.322. The van der Waals surface area contributed by atoms with Crippen LogP contribution in [0.1, 0.15) is 31.0 Å². The summed E-state index contributed by atoms with van der Waals surface area (Å²) in [5.41, 5.74) is 2.28. The molecule has 0 spiro atoms. The second-order valence-corrected chi connectivity index (χ2v) is 6.19. The van der Waals surface area contributed by atoms with Gasteiger partial charge in [0, 0.05) is 25.1 Å². The van der Waals surface area contributed by atoms with Gasteiger partial charge in [0.1, 0.15) is 10.9 Å². The van der Waals surface area contributed by atoms with Crippen molar-refractivity contribution in [2.75, 3.05) is 6.61 Å². The molecular formula is C17H19ClN4O. The first-order valence-corrected chi connectivity index (χ1v) is 7.98. The van der Waals surface area contributed by atoms with E-state index < -0.39 is 0 Å². The van der Waals surface area contributed by atoms with Crippen LogP contribution < -0.4 is 4.74 Å². The van der Waals surface area contributed by atoms with E-state index in [0.29, 0.717) is 17.7 Å². The summed E-state index contributed by atoms with van der Waals surface area (Å²) >= 11 is 6.07. The topological polar surface area (TPSA) is 52.8 Å². The van der Waals surface area contributed by atoms with Gasteiger partial charge in [-0.25, -0.2) is 4.98 Å². The minimum absolute atomic E-state index is 0.408. The summed E-state index contributed by atoms with van der Waals surface area (Å²) in [6, 6.07) is 6.02. The van der Waals surface area contributed by atoms with Crippen LogP contribution in [0.2, 0.25) is 5.15 Å². The van der Waals surface area contributed by atoms with Crippen LogP contribution in [0.25, 0.3) is 10.8 Å². The quantitative estimate of drug-likeness (QED) is 0.668. The lowest BCUT2D eigenvalue weighted by Crippen LogP contribution is -2.06. The summed E-state index contributed by atoms with van der Waals surface area (Å²) in [4.78, 5) is 4.20. The van der Waals surface area contributed by atoms with Crippen molar-refractivity contribution >= 4 is 22.4 Å². The normalized spacial score (nSPS) is 11.3. The van der Waals surface area contributed by atoms with Crippen molar-refractivity contribution in [3.05, 3.63) is 47.0 Å². The van der Waals surface area contributed by atoms with Gasteiger partial charge in [-0.05, 0) is 29.0 Å². The third-order valence-electron chi connectivity index (χ3n) is 3.91. The molecule has 2 heterocycles. The molecule has 120 valence electrons. The van der Waals surface area contributed by atoms with Gasteiger partial charge in [0.25, 0.3) is 0 Å². The first kappa shape index (κ1) is 15.7. The van der Waals surface area contributed by atoms with Gasteiger partial charge in [-0.3, -0.25) is 4.68 Å². The lowest BCUT2D eigenvalue weighted by Gasteiger charge is -2.14.